The standard InChI is InChI=1S/C15H12BrClFNO/c1-8-5-10(17)3-4-11(8)15(20)19-14-7-12(16)13(18)6-9(14)2/h3-7H,1-2H3,(H,19,20). The average molecular weight is 357 g/mol. The molecule has 0 atom stereocenters. The summed E-state index contributed by atoms with van der Waals surface area (Å²) in [6, 6.07) is 7.98. The van der Waals surface area contributed by atoms with Gasteiger partial charge in [-0.05, 0) is 71.2 Å². The Labute approximate surface area is 130 Å². The summed E-state index contributed by atoms with van der Waals surface area (Å²) in [7, 11) is 0. The van der Waals surface area contributed by atoms with Gasteiger partial charge in [0, 0.05) is 16.3 Å². The van der Waals surface area contributed by atoms with Crippen LogP contribution in [0.5, 0.6) is 0 Å². The quantitative estimate of drug-likeness (QED) is 0.796. The SMILES string of the molecule is Cc1cc(F)c(Br)cc1NC(=O)c1ccc(Cl)cc1C. The number of hydrogen-bond acceptors (Lipinski definition) is 1. The van der Waals surface area contributed by atoms with Gasteiger partial charge < -0.3 is 5.32 Å². The van der Waals surface area contributed by atoms with Gasteiger partial charge in [-0.3, -0.25) is 4.79 Å². The van der Waals surface area contributed by atoms with Gasteiger partial charge in [0.15, 0.2) is 0 Å². The lowest BCUT2D eigenvalue weighted by atomic mass is 10.1. The molecular formula is C15H12BrClFNO. The lowest BCUT2D eigenvalue weighted by Crippen LogP contribution is -2.14. The van der Waals surface area contributed by atoms with E-state index in [2.05, 4.69) is 21.2 Å². The van der Waals surface area contributed by atoms with Crippen LogP contribution < -0.4 is 5.32 Å². The van der Waals surface area contributed by atoms with E-state index in [1.165, 1.54) is 6.07 Å². The smallest absolute Gasteiger partial charge is 0.255 e. The lowest BCUT2D eigenvalue weighted by Gasteiger charge is -2.11. The number of aryl methyl sites for hydroxylation is 2. The summed E-state index contributed by atoms with van der Waals surface area (Å²) in [5.41, 5.74) is 2.55. The molecule has 2 nitrogen and oxygen atoms in total. The second-order valence-corrected chi connectivity index (χ2v) is 5.79. The molecule has 0 saturated carbocycles. The van der Waals surface area contributed by atoms with Crippen LogP contribution in [0.2, 0.25) is 5.02 Å². The minimum atomic E-state index is -0.358. The van der Waals surface area contributed by atoms with Crippen molar-refractivity contribution in [1.29, 1.82) is 0 Å². The van der Waals surface area contributed by atoms with Crippen LogP contribution in [0.1, 0.15) is 21.5 Å². The fraction of sp³-hybridized carbons (Fsp3) is 0.133. The fourth-order valence-corrected chi connectivity index (χ4v) is 2.42. The van der Waals surface area contributed by atoms with E-state index in [1.807, 2.05) is 6.92 Å². The molecule has 0 aromatic heterocycles. The van der Waals surface area contributed by atoms with Gasteiger partial charge in [-0.25, -0.2) is 4.39 Å². The van der Waals surface area contributed by atoms with Crippen LogP contribution in [0.3, 0.4) is 0 Å². The molecule has 0 unspecified atom stereocenters. The highest BCUT2D eigenvalue weighted by Gasteiger charge is 2.12. The molecule has 5 heteroatoms. The third kappa shape index (κ3) is 3.19. The molecule has 0 radical (unpaired) electrons. The summed E-state index contributed by atoms with van der Waals surface area (Å²) in [5.74, 6) is -0.607. The molecule has 0 fully saturated rings. The minimum absolute atomic E-state index is 0.249. The van der Waals surface area contributed by atoms with Crippen LogP contribution in [-0.4, -0.2) is 5.91 Å². The van der Waals surface area contributed by atoms with E-state index >= 15 is 0 Å². The molecule has 20 heavy (non-hydrogen) atoms. The summed E-state index contributed by atoms with van der Waals surface area (Å²) in [6.45, 7) is 3.55. The Morgan fingerprint density at radius 1 is 1.20 bits per heavy atom. The Bertz CT molecular complexity index is 688. The Kier molecular flexibility index (Phi) is 4.45. The minimum Gasteiger partial charge on any atom is -0.322 e. The van der Waals surface area contributed by atoms with Crippen LogP contribution in [0, 0.1) is 19.7 Å². The maximum atomic E-state index is 13.4. The lowest BCUT2D eigenvalue weighted by molar-refractivity contribution is 0.102. The van der Waals surface area contributed by atoms with Crippen molar-refractivity contribution in [3.63, 3.8) is 0 Å². The number of nitrogens with one attached hydrogen (secondary N) is 1. The molecule has 0 aliphatic carbocycles. The molecule has 0 aliphatic heterocycles. The van der Waals surface area contributed by atoms with Crippen molar-refractivity contribution in [3.8, 4) is 0 Å². The number of benzene rings is 2. The molecular weight excluding hydrogens is 345 g/mol. The summed E-state index contributed by atoms with van der Waals surface area (Å²) >= 11 is 8.97. The molecule has 0 saturated heterocycles. The highest BCUT2D eigenvalue weighted by atomic mass is 79.9. The van der Waals surface area contributed by atoms with Crippen molar-refractivity contribution in [3.05, 3.63) is 62.3 Å². The van der Waals surface area contributed by atoms with Crippen LogP contribution >= 0.6 is 27.5 Å². The Morgan fingerprint density at radius 2 is 1.90 bits per heavy atom. The molecule has 1 N–H and O–H groups in total. The number of carbonyl (C=O) groups is 1. The highest BCUT2D eigenvalue weighted by Crippen LogP contribution is 2.25. The number of carbonyl (C=O) groups excluding carboxylic acids is 1. The maximum absolute atomic E-state index is 13.4. The van der Waals surface area contributed by atoms with Gasteiger partial charge in [-0.1, -0.05) is 11.6 Å². The zero-order valence-corrected chi connectivity index (χ0v) is 13.3. The van der Waals surface area contributed by atoms with Gasteiger partial charge >= 0.3 is 0 Å². The second-order valence-electron chi connectivity index (χ2n) is 4.49. The topological polar surface area (TPSA) is 29.1 Å². The van der Waals surface area contributed by atoms with Crippen molar-refractivity contribution in [2.75, 3.05) is 5.32 Å². The summed E-state index contributed by atoms with van der Waals surface area (Å²) < 4.78 is 13.7. The van der Waals surface area contributed by atoms with Crippen molar-refractivity contribution in [1.82, 2.24) is 0 Å². The van der Waals surface area contributed by atoms with Crippen LogP contribution in [0.4, 0.5) is 10.1 Å². The highest BCUT2D eigenvalue weighted by molar-refractivity contribution is 9.10. The average Bonchev–Trinajstić information content (AvgIpc) is 2.35. The third-order valence-corrected chi connectivity index (χ3v) is 3.79. The predicted molar refractivity (Wildman–Crippen MR) is 83.0 cm³/mol. The van der Waals surface area contributed by atoms with E-state index in [0.29, 0.717) is 26.3 Å². The van der Waals surface area contributed by atoms with Crippen LogP contribution in [0.15, 0.2) is 34.8 Å². The first-order valence-electron chi connectivity index (χ1n) is 5.91. The monoisotopic (exact) mass is 355 g/mol. The van der Waals surface area contributed by atoms with E-state index in [0.717, 1.165) is 5.56 Å². The maximum Gasteiger partial charge on any atom is 0.255 e. The molecule has 1 amide bonds. The number of halogens is 3. The van der Waals surface area contributed by atoms with Crippen molar-refractivity contribution < 1.29 is 9.18 Å². The first kappa shape index (κ1) is 15.0. The Balaban J connectivity index is 2.30. The Hall–Kier alpha value is -1.39. The number of rotatable bonds is 2. The van der Waals surface area contributed by atoms with E-state index in [1.54, 1.807) is 31.2 Å². The van der Waals surface area contributed by atoms with Crippen molar-refractivity contribution >= 4 is 39.1 Å². The molecule has 0 spiro atoms. The first-order valence-corrected chi connectivity index (χ1v) is 7.08. The predicted octanol–water partition coefficient (Wildman–Crippen LogP) is 5.11. The number of amides is 1. The Morgan fingerprint density at radius 3 is 2.55 bits per heavy atom. The van der Waals surface area contributed by atoms with Gasteiger partial charge in [-0.2, -0.15) is 0 Å². The molecule has 104 valence electrons. The number of hydrogen-bond donors (Lipinski definition) is 1. The molecule has 2 rings (SSSR count). The van der Waals surface area contributed by atoms with Crippen LogP contribution in [-0.2, 0) is 0 Å². The normalized spacial score (nSPS) is 10.4. The van der Waals surface area contributed by atoms with Gasteiger partial charge in [0.25, 0.3) is 5.91 Å². The summed E-state index contributed by atoms with van der Waals surface area (Å²) in [6.07, 6.45) is 0. The second kappa shape index (κ2) is 5.94. The van der Waals surface area contributed by atoms with Crippen molar-refractivity contribution in [2.45, 2.75) is 13.8 Å². The third-order valence-electron chi connectivity index (χ3n) is 2.95. The van der Waals surface area contributed by atoms with E-state index < -0.39 is 0 Å². The van der Waals surface area contributed by atoms with E-state index in [4.69, 9.17) is 11.6 Å². The molecule has 2 aromatic carbocycles. The molecule has 0 bridgehead atoms. The largest absolute Gasteiger partial charge is 0.322 e. The molecule has 0 heterocycles. The summed E-state index contributed by atoms with van der Waals surface area (Å²) in [5, 5.41) is 3.36. The fourth-order valence-electron chi connectivity index (χ4n) is 1.85. The van der Waals surface area contributed by atoms with Gasteiger partial charge in [-0.15, -0.1) is 0 Å². The van der Waals surface area contributed by atoms with Crippen LogP contribution in [0.25, 0.3) is 0 Å². The molecule has 0 aliphatic rings. The first-order chi connectivity index (χ1) is 9.38. The zero-order valence-electron chi connectivity index (χ0n) is 10.9. The summed E-state index contributed by atoms with van der Waals surface area (Å²) in [4.78, 5) is 12.2. The van der Waals surface area contributed by atoms with Gasteiger partial charge in [0.05, 0.1) is 4.47 Å². The number of anilines is 1. The van der Waals surface area contributed by atoms with E-state index in [9.17, 15) is 9.18 Å². The van der Waals surface area contributed by atoms with Crippen molar-refractivity contribution in [2.24, 2.45) is 0 Å². The molecule has 2 aromatic rings. The zero-order chi connectivity index (χ0) is 14.9. The van der Waals surface area contributed by atoms with E-state index in [-0.39, 0.29) is 11.7 Å². The van der Waals surface area contributed by atoms with Gasteiger partial charge in [0.2, 0.25) is 0 Å². The van der Waals surface area contributed by atoms with Gasteiger partial charge in [0.1, 0.15) is 5.82 Å².